The zero-order valence-corrected chi connectivity index (χ0v) is 10.6. The third-order valence-electron chi connectivity index (χ3n) is 2.55. The number of hydrogen-bond acceptors (Lipinski definition) is 5. The first-order valence-corrected chi connectivity index (χ1v) is 5.90. The Balaban J connectivity index is 1.91. The second kappa shape index (κ2) is 6.01. The summed E-state index contributed by atoms with van der Waals surface area (Å²) < 4.78 is 5.14. The number of aromatic nitrogens is 1. The van der Waals surface area contributed by atoms with Crippen LogP contribution in [0.25, 0.3) is 0 Å². The minimum atomic E-state index is -0.261. The Kier molecular flexibility index (Phi) is 4.15. The second-order valence-electron chi connectivity index (χ2n) is 4.08. The number of oxazole rings is 1. The van der Waals surface area contributed by atoms with Gasteiger partial charge in [-0.2, -0.15) is 0 Å². The number of nitrogens with one attached hydrogen (secondary N) is 2. The van der Waals surface area contributed by atoms with Crippen LogP contribution in [0.3, 0.4) is 0 Å². The Morgan fingerprint density at radius 2 is 2.05 bits per heavy atom. The lowest BCUT2D eigenvalue weighted by molar-refractivity contribution is 0.0946. The molecule has 1 aromatic carbocycles. The lowest BCUT2D eigenvalue weighted by atomic mass is 10.2. The van der Waals surface area contributed by atoms with Crippen LogP contribution in [-0.4, -0.2) is 17.9 Å². The molecule has 1 heterocycles. The predicted molar refractivity (Wildman–Crippen MR) is 71.3 cm³/mol. The van der Waals surface area contributed by atoms with Gasteiger partial charge in [-0.1, -0.05) is 12.1 Å². The van der Waals surface area contributed by atoms with Gasteiger partial charge >= 0.3 is 0 Å². The van der Waals surface area contributed by atoms with Crippen molar-refractivity contribution in [3.63, 3.8) is 0 Å². The standard InChI is InChI=1S/C13H16N4O2/c1-15-7-12-17-11(8-19-12)13(18)16-6-9-2-4-10(14)5-3-9/h2-5,8,15H,6-7,14H2,1H3,(H,16,18). The Hall–Kier alpha value is -2.34. The zero-order chi connectivity index (χ0) is 13.7. The van der Waals surface area contributed by atoms with E-state index >= 15 is 0 Å². The fourth-order valence-electron chi connectivity index (χ4n) is 1.56. The minimum Gasteiger partial charge on any atom is -0.447 e. The number of benzene rings is 1. The summed E-state index contributed by atoms with van der Waals surface area (Å²) in [5.74, 6) is 0.225. The third kappa shape index (κ3) is 3.56. The van der Waals surface area contributed by atoms with Crippen molar-refractivity contribution in [2.75, 3.05) is 12.8 Å². The van der Waals surface area contributed by atoms with Crippen LogP contribution in [0, 0.1) is 0 Å². The summed E-state index contributed by atoms with van der Waals surface area (Å²) in [4.78, 5) is 15.9. The van der Waals surface area contributed by atoms with Crippen LogP contribution in [-0.2, 0) is 13.1 Å². The summed E-state index contributed by atoms with van der Waals surface area (Å²) in [6, 6.07) is 7.32. The molecule has 0 aliphatic heterocycles. The predicted octanol–water partition coefficient (Wildman–Crippen LogP) is 0.906. The summed E-state index contributed by atoms with van der Waals surface area (Å²) in [7, 11) is 1.78. The number of nitrogens with zero attached hydrogens (tertiary/aromatic N) is 1. The van der Waals surface area contributed by atoms with Crippen LogP contribution in [0.2, 0.25) is 0 Å². The summed E-state index contributed by atoms with van der Waals surface area (Å²) >= 11 is 0. The SMILES string of the molecule is CNCc1nc(C(=O)NCc2ccc(N)cc2)co1. The van der Waals surface area contributed by atoms with Crippen LogP contribution in [0.4, 0.5) is 5.69 Å². The van der Waals surface area contributed by atoms with E-state index in [1.807, 2.05) is 12.1 Å². The molecule has 19 heavy (non-hydrogen) atoms. The van der Waals surface area contributed by atoms with Gasteiger partial charge in [0.2, 0.25) is 5.89 Å². The van der Waals surface area contributed by atoms with Gasteiger partial charge in [-0.05, 0) is 24.7 Å². The molecule has 4 N–H and O–H groups in total. The molecule has 0 radical (unpaired) electrons. The van der Waals surface area contributed by atoms with E-state index < -0.39 is 0 Å². The van der Waals surface area contributed by atoms with E-state index in [0.717, 1.165) is 5.56 Å². The summed E-state index contributed by atoms with van der Waals surface area (Å²) in [5.41, 5.74) is 7.54. The number of amides is 1. The Bertz CT molecular complexity index is 548. The normalized spacial score (nSPS) is 10.4. The molecule has 1 aromatic heterocycles. The molecule has 0 unspecified atom stereocenters. The molecule has 2 rings (SSSR count). The zero-order valence-electron chi connectivity index (χ0n) is 10.6. The highest BCUT2D eigenvalue weighted by Crippen LogP contribution is 2.06. The lowest BCUT2D eigenvalue weighted by Gasteiger charge is -2.03. The molecule has 0 saturated carbocycles. The van der Waals surface area contributed by atoms with E-state index in [4.69, 9.17) is 10.2 Å². The Morgan fingerprint density at radius 1 is 1.32 bits per heavy atom. The fourth-order valence-corrected chi connectivity index (χ4v) is 1.56. The van der Waals surface area contributed by atoms with E-state index in [1.165, 1.54) is 6.26 Å². The number of nitrogens with two attached hydrogens (primary N) is 1. The molecule has 0 bridgehead atoms. The molecule has 2 aromatic rings. The quantitative estimate of drug-likeness (QED) is 0.695. The van der Waals surface area contributed by atoms with Gasteiger partial charge in [-0.15, -0.1) is 0 Å². The topological polar surface area (TPSA) is 93.2 Å². The smallest absolute Gasteiger partial charge is 0.273 e. The average molecular weight is 260 g/mol. The van der Waals surface area contributed by atoms with Gasteiger partial charge in [0.15, 0.2) is 5.69 Å². The molecule has 1 amide bonds. The monoisotopic (exact) mass is 260 g/mol. The highest BCUT2D eigenvalue weighted by Gasteiger charge is 2.11. The summed E-state index contributed by atoms with van der Waals surface area (Å²) in [6.07, 6.45) is 1.35. The second-order valence-corrected chi connectivity index (χ2v) is 4.08. The largest absolute Gasteiger partial charge is 0.447 e. The number of nitrogen functional groups attached to an aromatic ring is 1. The van der Waals surface area contributed by atoms with Crippen molar-refractivity contribution in [1.82, 2.24) is 15.6 Å². The average Bonchev–Trinajstić information content (AvgIpc) is 2.87. The maximum Gasteiger partial charge on any atom is 0.273 e. The first-order chi connectivity index (χ1) is 9.19. The van der Waals surface area contributed by atoms with Crippen LogP contribution in [0.1, 0.15) is 21.9 Å². The summed E-state index contributed by atoms with van der Waals surface area (Å²) in [5, 5.41) is 5.67. The molecule has 0 spiro atoms. The van der Waals surface area contributed by atoms with Gasteiger partial charge in [0.25, 0.3) is 5.91 Å². The molecule has 0 aliphatic carbocycles. The van der Waals surface area contributed by atoms with Crippen LogP contribution in [0.5, 0.6) is 0 Å². The molecule has 0 fully saturated rings. The van der Waals surface area contributed by atoms with Crippen molar-refractivity contribution in [2.45, 2.75) is 13.1 Å². The number of hydrogen-bond donors (Lipinski definition) is 3. The Labute approximate surface area is 111 Å². The number of rotatable bonds is 5. The van der Waals surface area contributed by atoms with Gasteiger partial charge in [0, 0.05) is 12.2 Å². The molecule has 100 valence electrons. The van der Waals surface area contributed by atoms with E-state index in [1.54, 1.807) is 19.2 Å². The highest BCUT2D eigenvalue weighted by molar-refractivity contribution is 5.91. The first kappa shape index (κ1) is 13.1. The third-order valence-corrected chi connectivity index (χ3v) is 2.55. The molecule has 0 saturated heterocycles. The minimum absolute atomic E-state index is 0.261. The first-order valence-electron chi connectivity index (χ1n) is 5.90. The van der Waals surface area contributed by atoms with Crippen molar-refractivity contribution in [3.05, 3.63) is 47.7 Å². The van der Waals surface area contributed by atoms with Crippen molar-refractivity contribution in [1.29, 1.82) is 0 Å². The highest BCUT2D eigenvalue weighted by atomic mass is 16.3. The molecular weight excluding hydrogens is 244 g/mol. The van der Waals surface area contributed by atoms with E-state index in [9.17, 15) is 4.79 Å². The van der Waals surface area contributed by atoms with Crippen LogP contribution in [0.15, 0.2) is 34.9 Å². The molecule has 0 atom stereocenters. The number of anilines is 1. The number of carbonyl (C=O) groups excluding carboxylic acids is 1. The molecule has 6 heteroatoms. The maximum atomic E-state index is 11.8. The van der Waals surface area contributed by atoms with E-state index in [-0.39, 0.29) is 11.6 Å². The van der Waals surface area contributed by atoms with Crippen LogP contribution >= 0.6 is 0 Å². The fraction of sp³-hybridized carbons (Fsp3) is 0.231. The van der Waals surface area contributed by atoms with Gasteiger partial charge in [-0.3, -0.25) is 4.79 Å². The van der Waals surface area contributed by atoms with E-state index in [0.29, 0.717) is 24.7 Å². The summed E-state index contributed by atoms with van der Waals surface area (Å²) in [6.45, 7) is 0.915. The van der Waals surface area contributed by atoms with E-state index in [2.05, 4.69) is 15.6 Å². The van der Waals surface area contributed by atoms with Crippen molar-refractivity contribution >= 4 is 11.6 Å². The Morgan fingerprint density at radius 3 is 2.74 bits per heavy atom. The molecular formula is C13H16N4O2. The van der Waals surface area contributed by atoms with Gasteiger partial charge in [0.1, 0.15) is 6.26 Å². The van der Waals surface area contributed by atoms with Crippen molar-refractivity contribution in [3.8, 4) is 0 Å². The maximum absolute atomic E-state index is 11.8. The van der Waals surface area contributed by atoms with Crippen molar-refractivity contribution in [2.24, 2.45) is 0 Å². The number of carbonyl (C=O) groups is 1. The van der Waals surface area contributed by atoms with Gasteiger partial charge < -0.3 is 20.8 Å². The molecule has 0 aliphatic rings. The van der Waals surface area contributed by atoms with Crippen molar-refractivity contribution < 1.29 is 9.21 Å². The lowest BCUT2D eigenvalue weighted by Crippen LogP contribution is -2.23. The van der Waals surface area contributed by atoms with Gasteiger partial charge in [0.05, 0.1) is 6.54 Å². The van der Waals surface area contributed by atoms with Crippen LogP contribution < -0.4 is 16.4 Å². The molecule has 6 nitrogen and oxygen atoms in total. The van der Waals surface area contributed by atoms with Gasteiger partial charge in [-0.25, -0.2) is 4.98 Å².